The van der Waals surface area contributed by atoms with Crippen molar-refractivity contribution in [3.8, 4) is 0 Å². The summed E-state index contributed by atoms with van der Waals surface area (Å²) in [6.45, 7) is 1.79. The second-order valence-electron chi connectivity index (χ2n) is 6.29. The lowest BCUT2D eigenvalue weighted by Gasteiger charge is -2.31. The van der Waals surface area contributed by atoms with Crippen molar-refractivity contribution in [1.82, 2.24) is 29.9 Å². The fraction of sp³-hybridized carbons (Fsp3) is 0.533. The topological polar surface area (TPSA) is 89.0 Å². The summed E-state index contributed by atoms with van der Waals surface area (Å²) >= 11 is 0. The van der Waals surface area contributed by atoms with E-state index >= 15 is 0 Å². The third-order valence-corrected chi connectivity index (χ3v) is 4.48. The molecule has 0 bridgehead atoms. The smallest absolute Gasteiger partial charge is 0.265 e. The SMILES string of the molecule is CN(C)c1noc(C2CCN(c3ncnc4c3cnn4C)CC2)n1. The van der Waals surface area contributed by atoms with Gasteiger partial charge in [-0.1, -0.05) is 0 Å². The highest BCUT2D eigenvalue weighted by Crippen LogP contribution is 2.31. The standard InChI is InChI=1S/C15H20N8O/c1-21(2)15-19-14(24-20-15)10-4-6-23(7-5-10)13-11-8-18-22(3)12(11)16-9-17-13/h8-10H,4-7H2,1-3H3. The third kappa shape index (κ3) is 2.45. The van der Waals surface area contributed by atoms with Crippen LogP contribution in [0.25, 0.3) is 11.0 Å². The average molecular weight is 328 g/mol. The number of rotatable bonds is 3. The van der Waals surface area contributed by atoms with Gasteiger partial charge in [0.2, 0.25) is 5.89 Å². The Morgan fingerprint density at radius 3 is 2.71 bits per heavy atom. The Morgan fingerprint density at radius 2 is 2.00 bits per heavy atom. The van der Waals surface area contributed by atoms with Crippen molar-refractivity contribution >= 4 is 22.8 Å². The van der Waals surface area contributed by atoms with Gasteiger partial charge in [-0.3, -0.25) is 4.68 Å². The van der Waals surface area contributed by atoms with Gasteiger partial charge in [-0.2, -0.15) is 10.1 Å². The Labute approximate surface area is 139 Å². The average Bonchev–Trinajstić information content (AvgIpc) is 3.23. The molecule has 0 radical (unpaired) electrons. The molecule has 0 unspecified atom stereocenters. The normalized spacial score (nSPS) is 16.0. The van der Waals surface area contributed by atoms with Crippen LogP contribution in [0.3, 0.4) is 0 Å². The van der Waals surface area contributed by atoms with E-state index < -0.39 is 0 Å². The van der Waals surface area contributed by atoms with Gasteiger partial charge in [-0.05, 0) is 18.0 Å². The number of aryl methyl sites for hydroxylation is 1. The summed E-state index contributed by atoms with van der Waals surface area (Å²) in [5.41, 5.74) is 0.856. The number of piperidine rings is 1. The number of hydrogen-bond acceptors (Lipinski definition) is 8. The largest absolute Gasteiger partial charge is 0.356 e. The molecule has 0 spiro atoms. The molecule has 126 valence electrons. The zero-order valence-corrected chi connectivity index (χ0v) is 14.0. The first-order valence-corrected chi connectivity index (χ1v) is 8.02. The molecule has 9 nitrogen and oxygen atoms in total. The molecule has 0 aromatic carbocycles. The van der Waals surface area contributed by atoms with Gasteiger partial charge in [0.15, 0.2) is 5.65 Å². The summed E-state index contributed by atoms with van der Waals surface area (Å²) in [6.07, 6.45) is 5.35. The monoisotopic (exact) mass is 328 g/mol. The molecule has 3 aromatic rings. The van der Waals surface area contributed by atoms with Gasteiger partial charge in [-0.25, -0.2) is 9.97 Å². The van der Waals surface area contributed by atoms with E-state index in [1.165, 1.54) is 0 Å². The van der Waals surface area contributed by atoms with Gasteiger partial charge >= 0.3 is 0 Å². The molecule has 1 aliphatic rings. The molecule has 9 heteroatoms. The van der Waals surface area contributed by atoms with Crippen LogP contribution in [0.2, 0.25) is 0 Å². The maximum atomic E-state index is 5.42. The summed E-state index contributed by atoms with van der Waals surface area (Å²) in [4.78, 5) is 17.4. The fourth-order valence-electron chi connectivity index (χ4n) is 3.11. The molecule has 4 heterocycles. The Bertz CT molecular complexity index is 846. The maximum absolute atomic E-state index is 5.42. The minimum atomic E-state index is 0.300. The maximum Gasteiger partial charge on any atom is 0.265 e. The quantitative estimate of drug-likeness (QED) is 0.708. The zero-order chi connectivity index (χ0) is 16.7. The second kappa shape index (κ2) is 5.73. The number of aromatic nitrogens is 6. The molecule has 0 N–H and O–H groups in total. The molecular formula is C15H20N8O. The minimum absolute atomic E-state index is 0.300. The summed E-state index contributed by atoms with van der Waals surface area (Å²) < 4.78 is 7.19. The van der Waals surface area contributed by atoms with E-state index in [0.29, 0.717) is 11.9 Å². The lowest BCUT2D eigenvalue weighted by molar-refractivity contribution is 0.329. The van der Waals surface area contributed by atoms with Crippen molar-refractivity contribution in [2.24, 2.45) is 7.05 Å². The van der Waals surface area contributed by atoms with Gasteiger partial charge in [0, 0.05) is 40.2 Å². The van der Waals surface area contributed by atoms with Gasteiger partial charge in [0.05, 0.1) is 11.6 Å². The molecule has 0 aliphatic carbocycles. The van der Waals surface area contributed by atoms with Gasteiger partial charge < -0.3 is 14.3 Å². The Hall–Kier alpha value is -2.71. The van der Waals surface area contributed by atoms with Crippen LogP contribution in [-0.4, -0.2) is 57.1 Å². The Kier molecular flexibility index (Phi) is 3.55. The van der Waals surface area contributed by atoms with Crippen molar-refractivity contribution in [1.29, 1.82) is 0 Å². The number of anilines is 2. The van der Waals surface area contributed by atoms with E-state index in [-0.39, 0.29) is 0 Å². The molecule has 0 saturated carbocycles. The fourth-order valence-corrected chi connectivity index (χ4v) is 3.11. The van der Waals surface area contributed by atoms with Gasteiger partial charge in [0.25, 0.3) is 5.95 Å². The molecule has 0 amide bonds. The predicted octanol–water partition coefficient (Wildman–Crippen LogP) is 1.20. The van der Waals surface area contributed by atoms with Crippen LogP contribution in [-0.2, 0) is 7.05 Å². The Balaban J connectivity index is 1.51. The van der Waals surface area contributed by atoms with Crippen LogP contribution in [0.5, 0.6) is 0 Å². The molecule has 0 atom stereocenters. The van der Waals surface area contributed by atoms with Crippen molar-refractivity contribution in [3.05, 3.63) is 18.4 Å². The molecule has 1 aliphatic heterocycles. The predicted molar refractivity (Wildman–Crippen MR) is 89.1 cm³/mol. The summed E-state index contributed by atoms with van der Waals surface area (Å²) in [6, 6.07) is 0. The van der Waals surface area contributed by atoms with Crippen molar-refractivity contribution in [2.45, 2.75) is 18.8 Å². The van der Waals surface area contributed by atoms with Crippen molar-refractivity contribution in [2.75, 3.05) is 37.0 Å². The van der Waals surface area contributed by atoms with E-state index in [0.717, 1.165) is 48.7 Å². The number of nitrogens with zero attached hydrogens (tertiary/aromatic N) is 8. The zero-order valence-electron chi connectivity index (χ0n) is 14.0. The molecule has 1 saturated heterocycles. The Morgan fingerprint density at radius 1 is 1.21 bits per heavy atom. The minimum Gasteiger partial charge on any atom is -0.356 e. The first kappa shape index (κ1) is 14.9. The van der Waals surface area contributed by atoms with Crippen LogP contribution < -0.4 is 9.80 Å². The van der Waals surface area contributed by atoms with E-state index in [4.69, 9.17) is 4.52 Å². The highest BCUT2D eigenvalue weighted by Gasteiger charge is 2.27. The molecule has 1 fully saturated rings. The first-order valence-electron chi connectivity index (χ1n) is 8.02. The van der Waals surface area contributed by atoms with E-state index in [2.05, 4.69) is 30.1 Å². The summed E-state index contributed by atoms with van der Waals surface area (Å²) in [5, 5.41) is 9.28. The van der Waals surface area contributed by atoms with E-state index in [1.807, 2.05) is 32.2 Å². The third-order valence-electron chi connectivity index (χ3n) is 4.48. The van der Waals surface area contributed by atoms with E-state index in [9.17, 15) is 0 Å². The van der Waals surface area contributed by atoms with Crippen LogP contribution in [0.4, 0.5) is 11.8 Å². The van der Waals surface area contributed by atoms with Gasteiger partial charge in [-0.15, -0.1) is 0 Å². The molecule has 3 aromatic heterocycles. The number of fused-ring (bicyclic) bond motifs is 1. The summed E-state index contributed by atoms with van der Waals surface area (Å²) in [7, 11) is 5.71. The highest BCUT2D eigenvalue weighted by atomic mass is 16.5. The molecule has 4 rings (SSSR count). The lowest BCUT2D eigenvalue weighted by Crippen LogP contribution is -2.33. The molecular weight excluding hydrogens is 308 g/mol. The van der Waals surface area contributed by atoms with Crippen molar-refractivity contribution < 1.29 is 4.52 Å². The highest BCUT2D eigenvalue weighted by molar-refractivity contribution is 5.86. The lowest BCUT2D eigenvalue weighted by atomic mass is 9.96. The number of hydrogen-bond donors (Lipinski definition) is 0. The first-order chi connectivity index (χ1) is 11.6. The summed E-state index contributed by atoms with van der Waals surface area (Å²) in [5.74, 6) is 2.60. The van der Waals surface area contributed by atoms with Crippen LogP contribution in [0.1, 0.15) is 24.7 Å². The van der Waals surface area contributed by atoms with Gasteiger partial charge in [0.1, 0.15) is 12.1 Å². The van der Waals surface area contributed by atoms with Crippen LogP contribution in [0.15, 0.2) is 17.0 Å². The van der Waals surface area contributed by atoms with Crippen LogP contribution in [0, 0.1) is 0 Å². The van der Waals surface area contributed by atoms with E-state index in [1.54, 1.807) is 11.0 Å². The van der Waals surface area contributed by atoms with Crippen LogP contribution >= 0.6 is 0 Å². The second-order valence-corrected chi connectivity index (χ2v) is 6.29. The molecule has 24 heavy (non-hydrogen) atoms. The van der Waals surface area contributed by atoms with Crippen molar-refractivity contribution in [3.63, 3.8) is 0 Å².